The molecule has 1 aromatic heterocycles. The summed E-state index contributed by atoms with van der Waals surface area (Å²) in [4.78, 5) is 19.7. The number of nitrogens with zero attached hydrogens (tertiary/aromatic N) is 2. The summed E-state index contributed by atoms with van der Waals surface area (Å²) in [5.74, 6) is 0. The quantitative estimate of drug-likeness (QED) is 0.370. The predicted octanol–water partition coefficient (Wildman–Crippen LogP) is 5.62. The number of rotatable bonds is 2. The standard InChI is InChI=1S/C31H28N2OS/c1-31(2,3)23-16-13-20(14-17-23)19-26-29(34)33-28(22-10-5-4-6-11-22)25-18-15-21-9-7-8-12-24(21)27(25)32-30(33)35-26/h4-14,16-17,19,28H,15,18H2,1-3H3/b26-19-/t28-/m0/s1. The molecule has 6 rings (SSSR count). The molecule has 0 bridgehead atoms. The second-order valence-electron chi connectivity index (χ2n) is 10.4. The zero-order chi connectivity index (χ0) is 24.2. The highest BCUT2D eigenvalue weighted by atomic mass is 32.1. The van der Waals surface area contributed by atoms with Crippen LogP contribution >= 0.6 is 11.3 Å². The van der Waals surface area contributed by atoms with Crippen molar-refractivity contribution in [1.82, 2.24) is 4.57 Å². The zero-order valence-corrected chi connectivity index (χ0v) is 21.1. The fraction of sp³-hybridized carbons (Fsp3) is 0.226. The molecule has 0 fully saturated rings. The van der Waals surface area contributed by atoms with E-state index in [1.54, 1.807) is 0 Å². The van der Waals surface area contributed by atoms with Gasteiger partial charge in [0.1, 0.15) is 0 Å². The van der Waals surface area contributed by atoms with E-state index in [0.29, 0.717) is 0 Å². The first kappa shape index (κ1) is 22.0. The van der Waals surface area contributed by atoms with Crippen LogP contribution in [0.1, 0.15) is 61.1 Å². The van der Waals surface area contributed by atoms with E-state index in [-0.39, 0.29) is 17.0 Å². The SMILES string of the molecule is CC(C)(C)c1ccc(/C=c2\sc3n(c2=O)[C@@H](c2ccccc2)C2=C(N=3)c3ccccc3CC2)cc1. The van der Waals surface area contributed by atoms with Crippen LogP contribution in [0.3, 0.4) is 0 Å². The van der Waals surface area contributed by atoms with Crippen molar-refractivity contribution in [3.05, 3.63) is 132 Å². The summed E-state index contributed by atoms with van der Waals surface area (Å²) >= 11 is 1.49. The van der Waals surface area contributed by atoms with Gasteiger partial charge in [-0.05, 0) is 52.2 Å². The fourth-order valence-electron chi connectivity index (χ4n) is 5.19. The van der Waals surface area contributed by atoms with Crippen molar-refractivity contribution in [1.29, 1.82) is 0 Å². The Morgan fingerprint density at radius 2 is 1.63 bits per heavy atom. The molecule has 1 aliphatic heterocycles. The summed E-state index contributed by atoms with van der Waals surface area (Å²) < 4.78 is 2.64. The lowest BCUT2D eigenvalue weighted by Gasteiger charge is -2.30. The van der Waals surface area contributed by atoms with Crippen molar-refractivity contribution in [2.75, 3.05) is 0 Å². The normalized spacial score (nSPS) is 17.5. The number of hydrogen-bond acceptors (Lipinski definition) is 3. The van der Waals surface area contributed by atoms with Crippen molar-refractivity contribution < 1.29 is 0 Å². The molecule has 0 saturated carbocycles. The van der Waals surface area contributed by atoms with Crippen molar-refractivity contribution >= 4 is 23.1 Å². The molecular weight excluding hydrogens is 448 g/mol. The second kappa shape index (κ2) is 8.31. The first-order chi connectivity index (χ1) is 16.9. The molecule has 35 heavy (non-hydrogen) atoms. The lowest BCUT2D eigenvalue weighted by atomic mass is 9.83. The van der Waals surface area contributed by atoms with Crippen LogP contribution < -0.4 is 14.9 Å². The summed E-state index contributed by atoms with van der Waals surface area (Å²) in [5.41, 5.74) is 8.41. The largest absolute Gasteiger partial charge is 0.272 e. The molecule has 4 aromatic rings. The van der Waals surface area contributed by atoms with Crippen LogP contribution in [0, 0.1) is 0 Å². The Labute approximate surface area is 209 Å². The number of aryl methyl sites for hydroxylation is 1. The molecule has 2 heterocycles. The van der Waals surface area contributed by atoms with Gasteiger partial charge in [0.25, 0.3) is 5.56 Å². The molecule has 3 aromatic carbocycles. The Bertz CT molecular complexity index is 1630. The lowest BCUT2D eigenvalue weighted by Crippen LogP contribution is -2.38. The highest BCUT2D eigenvalue weighted by Crippen LogP contribution is 2.41. The molecule has 1 atom stereocenters. The minimum atomic E-state index is -0.124. The summed E-state index contributed by atoms with van der Waals surface area (Å²) in [6, 6.07) is 27.3. The van der Waals surface area contributed by atoms with Gasteiger partial charge in [-0.15, -0.1) is 0 Å². The molecule has 0 N–H and O–H groups in total. The molecule has 2 aliphatic rings. The number of thiazole rings is 1. The number of fused-ring (bicyclic) bond motifs is 3. The molecule has 0 spiro atoms. The zero-order valence-electron chi connectivity index (χ0n) is 20.3. The summed E-state index contributed by atoms with van der Waals surface area (Å²) in [6.45, 7) is 6.64. The average molecular weight is 477 g/mol. The predicted molar refractivity (Wildman–Crippen MR) is 144 cm³/mol. The van der Waals surface area contributed by atoms with Gasteiger partial charge in [-0.2, -0.15) is 0 Å². The summed E-state index contributed by atoms with van der Waals surface area (Å²) in [6.07, 6.45) is 3.89. The first-order valence-corrected chi connectivity index (χ1v) is 13.0. The Morgan fingerprint density at radius 3 is 2.37 bits per heavy atom. The third-order valence-electron chi connectivity index (χ3n) is 7.06. The maximum absolute atomic E-state index is 13.8. The van der Waals surface area contributed by atoms with E-state index in [0.717, 1.165) is 39.0 Å². The lowest BCUT2D eigenvalue weighted by molar-refractivity contribution is 0.585. The molecule has 3 nitrogen and oxygen atoms in total. The molecule has 0 unspecified atom stereocenters. The molecule has 174 valence electrons. The first-order valence-electron chi connectivity index (χ1n) is 12.2. The molecule has 0 amide bonds. The monoisotopic (exact) mass is 476 g/mol. The highest BCUT2D eigenvalue weighted by molar-refractivity contribution is 7.07. The van der Waals surface area contributed by atoms with Crippen molar-refractivity contribution in [2.45, 2.75) is 45.1 Å². The third-order valence-corrected chi connectivity index (χ3v) is 8.05. The van der Waals surface area contributed by atoms with Crippen molar-refractivity contribution in [3.63, 3.8) is 0 Å². The summed E-state index contributed by atoms with van der Waals surface area (Å²) in [5, 5.41) is 0. The number of aromatic nitrogens is 1. The van der Waals surface area contributed by atoms with Crippen molar-refractivity contribution in [3.8, 4) is 0 Å². The van der Waals surface area contributed by atoms with E-state index in [2.05, 4.69) is 93.6 Å². The Hall–Kier alpha value is -3.50. The number of benzene rings is 3. The van der Waals surface area contributed by atoms with E-state index in [1.807, 2.05) is 16.7 Å². The van der Waals surface area contributed by atoms with E-state index in [9.17, 15) is 4.79 Å². The van der Waals surface area contributed by atoms with Gasteiger partial charge >= 0.3 is 0 Å². The van der Waals surface area contributed by atoms with Gasteiger partial charge < -0.3 is 0 Å². The Morgan fingerprint density at radius 1 is 0.914 bits per heavy atom. The second-order valence-corrected chi connectivity index (χ2v) is 11.4. The van der Waals surface area contributed by atoms with Crippen LogP contribution in [0.25, 0.3) is 11.8 Å². The topological polar surface area (TPSA) is 34.4 Å². The number of hydrogen-bond donors (Lipinski definition) is 0. The van der Waals surface area contributed by atoms with Crippen LogP contribution in [0.2, 0.25) is 0 Å². The van der Waals surface area contributed by atoms with Gasteiger partial charge in [-0.1, -0.05) is 111 Å². The van der Waals surface area contributed by atoms with E-state index in [1.165, 1.54) is 33.6 Å². The van der Waals surface area contributed by atoms with Crippen LogP contribution in [-0.4, -0.2) is 4.57 Å². The van der Waals surface area contributed by atoms with Gasteiger partial charge in [0.05, 0.1) is 16.3 Å². The van der Waals surface area contributed by atoms with E-state index >= 15 is 0 Å². The van der Waals surface area contributed by atoms with Crippen LogP contribution in [0.5, 0.6) is 0 Å². The number of allylic oxidation sites excluding steroid dienone is 1. The molecule has 1 aliphatic carbocycles. The smallest absolute Gasteiger partial charge is 0.271 e. The fourth-order valence-corrected chi connectivity index (χ4v) is 6.19. The molecule has 0 saturated heterocycles. The van der Waals surface area contributed by atoms with E-state index < -0.39 is 0 Å². The van der Waals surface area contributed by atoms with Crippen LogP contribution in [-0.2, 0) is 11.8 Å². The highest BCUT2D eigenvalue weighted by Gasteiger charge is 2.32. The van der Waals surface area contributed by atoms with Gasteiger partial charge in [0.2, 0.25) is 0 Å². The van der Waals surface area contributed by atoms with Gasteiger partial charge in [-0.3, -0.25) is 9.36 Å². The molecule has 0 radical (unpaired) electrons. The Kier molecular flexibility index (Phi) is 5.23. The minimum absolute atomic E-state index is 0.0351. The molecular formula is C31H28N2OS. The van der Waals surface area contributed by atoms with E-state index in [4.69, 9.17) is 4.99 Å². The maximum Gasteiger partial charge on any atom is 0.271 e. The van der Waals surface area contributed by atoms with Crippen LogP contribution in [0.4, 0.5) is 0 Å². The summed E-state index contributed by atoms with van der Waals surface area (Å²) in [7, 11) is 0. The average Bonchev–Trinajstić information content (AvgIpc) is 3.17. The van der Waals surface area contributed by atoms with Crippen LogP contribution in [0.15, 0.2) is 94.2 Å². The third kappa shape index (κ3) is 3.82. The van der Waals surface area contributed by atoms with Gasteiger partial charge in [0, 0.05) is 5.56 Å². The maximum atomic E-state index is 13.8. The minimum Gasteiger partial charge on any atom is -0.272 e. The molecule has 4 heteroatoms. The van der Waals surface area contributed by atoms with Gasteiger partial charge in [0.15, 0.2) is 4.80 Å². The van der Waals surface area contributed by atoms with Crippen molar-refractivity contribution in [2.24, 2.45) is 4.99 Å². The Balaban J connectivity index is 1.55. The van der Waals surface area contributed by atoms with Gasteiger partial charge in [-0.25, -0.2) is 4.99 Å².